The van der Waals surface area contributed by atoms with Crippen LogP contribution in [-0.2, 0) is 11.0 Å². The van der Waals surface area contributed by atoms with Gasteiger partial charge in [0.25, 0.3) is 5.91 Å². The highest BCUT2D eigenvalue weighted by molar-refractivity contribution is 6.30. The van der Waals surface area contributed by atoms with Crippen molar-refractivity contribution in [3.63, 3.8) is 0 Å². The molecule has 2 rings (SSSR count). The van der Waals surface area contributed by atoms with E-state index < -0.39 is 23.2 Å². The molecule has 2 aromatic rings. The van der Waals surface area contributed by atoms with Crippen molar-refractivity contribution in [1.82, 2.24) is 0 Å². The van der Waals surface area contributed by atoms with Gasteiger partial charge in [0.1, 0.15) is 17.4 Å². The standard InChI is InChI=1S/C18H13ClF3N3O2/c1-10-6-13(26)3-5-15(10)25-17(27)11(8-23)9-24-16-4-2-12(19)7-14(16)18(20,21)22/h2-7,9,24,26H,1H3,(H,25,27)/b11-9-. The van der Waals surface area contributed by atoms with Gasteiger partial charge in [0.2, 0.25) is 0 Å². The molecular weight excluding hydrogens is 383 g/mol. The Labute approximate surface area is 157 Å². The van der Waals surface area contributed by atoms with Crippen molar-refractivity contribution >= 4 is 28.9 Å². The Morgan fingerprint density at radius 3 is 2.48 bits per heavy atom. The Bertz CT molecular complexity index is 950. The Hall–Kier alpha value is -3.18. The minimum Gasteiger partial charge on any atom is -0.508 e. The summed E-state index contributed by atoms with van der Waals surface area (Å²) in [6.45, 7) is 1.63. The minimum absolute atomic E-state index is 0.00522. The number of carbonyl (C=O) groups excluding carboxylic acids is 1. The Morgan fingerprint density at radius 2 is 1.89 bits per heavy atom. The van der Waals surface area contributed by atoms with Crippen molar-refractivity contribution in [1.29, 1.82) is 5.26 Å². The van der Waals surface area contributed by atoms with Gasteiger partial charge in [-0.3, -0.25) is 4.79 Å². The summed E-state index contributed by atoms with van der Waals surface area (Å²) >= 11 is 5.60. The van der Waals surface area contributed by atoms with E-state index in [-0.39, 0.29) is 16.5 Å². The third kappa shape index (κ3) is 5.15. The number of aryl methyl sites for hydroxylation is 1. The third-order valence-corrected chi connectivity index (χ3v) is 3.72. The highest BCUT2D eigenvalue weighted by Gasteiger charge is 2.33. The number of benzene rings is 2. The summed E-state index contributed by atoms with van der Waals surface area (Å²) in [4.78, 5) is 12.2. The molecule has 3 N–H and O–H groups in total. The van der Waals surface area contributed by atoms with E-state index in [2.05, 4.69) is 10.6 Å². The molecule has 0 bridgehead atoms. The molecule has 0 radical (unpaired) electrons. The molecule has 0 aromatic heterocycles. The van der Waals surface area contributed by atoms with Crippen molar-refractivity contribution < 1.29 is 23.1 Å². The van der Waals surface area contributed by atoms with Crippen molar-refractivity contribution in [3.05, 3.63) is 64.3 Å². The van der Waals surface area contributed by atoms with Crippen LogP contribution in [0.15, 0.2) is 48.2 Å². The van der Waals surface area contributed by atoms with Crippen LogP contribution in [0, 0.1) is 18.3 Å². The van der Waals surface area contributed by atoms with E-state index in [0.717, 1.165) is 18.3 Å². The van der Waals surface area contributed by atoms with Crippen LogP contribution in [0.2, 0.25) is 5.02 Å². The summed E-state index contributed by atoms with van der Waals surface area (Å²) in [5, 5.41) is 23.2. The molecule has 0 aliphatic heterocycles. The van der Waals surface area contributed by atoms with Gasteiger partial charge in [-0.25, -0.2) is 0 Å². The van der Waals surface area contributed by atoms with Crippen LogP contribution in [0.1, 0.15) is 11.1 Å². The van der Waals surface area contributed by atoms with Gasteiger partial charge in [0.15, 0.2) is 0 Å². The molecular formula is C18H13ClF3N3O2. The van der Waals surface area contributed by atoms with Crippen molar-refractivity contribution in [3.8, 4) is 11.8 Å². The predicted molar refractivity (Wildman–Crippen MR) is 95.2 cm³/mol. The minimum atomic E-state index is -4.67. The lowest BCUT2D eigenvalue weighted by molar-refractivity contribution is -0.136. The first kappa shape index (κ1) is 20.1. The lowest BCUT2D eigenvalue weighted by Crippen LogP contribution is -2.16. The fraction of sp³-hybridized carbons (Fsp3) is 0.111. The topological polar surface area (TPSA) is 85.2 Å². The van der Waals surface area contributed by atoms with Crippen LogP contribution in [0.4, 0.5) is 24.5 Å². The summed E-state index contributed by atoms with van der Waals surface area (Å²) in [5.41, 5.74) is -0.927. The molecule has 0 spiro atoms. The smallest absolute Gasteiger partial charge is 0.418 e. The number of nitrogens with zero attached hydrogens (tertiary/aromatic N) is 1. The number of phenols is 1. The summed E-state index contributed by atoms with van der Waals surface area (Å²) in [5.74, 6) is -0.813. The summed E-state index contributed by atoms with van der Waals surface area (Å²) in [6.07, 6.45) is -3.79. The predicted octanol–water partition coefficient (Wildman–Crippen LogP) is 4.83. The highest BCUT2D eigenvalue weighted by Crippen LogP contribution is 2.36. The summed E-state index contributed by atoms with van der Waals surface area (Å²) in [6, 6.07) is 8.90. The quantitative estimate of drug-likeness (QED) is 0.393. The fourth-order valence-corrected chi connectivity index (χ4v) is 2.33. The van der Waals surface area contributed by atoms with Gasteiger partial charge in [-0.2, -0.15) is 18.4 Å². The SMILES string of the molecule is Cc1cc(O)ccc1NC(=O)/C(C#N)=C\Nc1ccc(Cl)cc1C(F)(F)F. The average molecular weight is 396 g/mol. The molecule has 1 amide bonds. The summed E-state index contributed by atoms with van der Waals surface area (Å²) < 4.78 is 39.2. The van der Waals surface area contributed by atoms with E-state index in [1.165, 1.54) is 24.3 Å². The summed E-state index contributed by atoms with van der Waals surface area (Å²) in [7, 11) is 0. The molecule has 0 unspecified atom stereocenters. The van der Waals surface area contributed by atoms with Crippen LogP contribution < -0.4 is 10.6 Å². The first-order valence-electron chi connectivity index (χ1n) is 7.46. The maximum atomic E-state index is 13.1. The maximum absolute atomic E-state index is 13.1. The van der Waals surface area contributed by atoms with Crippen LogP contribution in [0.5, 0.6) is 5.75 Å². The number of halogens is 4. The van der Waals surface area contributed by atoms with E-state index in [9.17, 15) is 23.1 Å². The third-order valence-electron chi connectivity index (χ3n) is 3.48. The number of nitriles is 1. The Balaban J connectivity index is 2.24. The van der Waals surface area contributed by atoms with E-state index in [1.807, 2.05) is 0 Å². The van der Waals surface area contributed by atoms with Gasteiger partial charge in [-0.05, 0) is 48.9 Å². The number of alkyl halides is 3. The lowest BCUT2D eigenvalue weighted by atomic mass is 10.1. The first-order valence-corrected chi connectivity index (χ1v) is 7.84. The highest BCUT2D eigenvalue weighted by atomic mass is 35.5. The second-order valence-electron chi connectivity index (χ2n) is 5.46. The zero-order chi connectivity index (χ0) is 20.2. The van der Waals surface area contributed by atoms with E-state index in [1.54, 1.807) is 13.0 Å². The van der Waals surface area contributed by atoms with Gasteiger partial charge in [-0.15, -0.1) is 0 Å². The Kier molecular flexibility index (Phi) is 5.98. The molecule has 0 atom stereocenters. The average Bonchev–Trinajstić information content (AvgIpc) is 2.58. The van der Waals surface area contributed by atoms with E-state index in [0.29, 0.717) is 11.3 Å². The van der Waals surface area contributed by atoms with Crippen molar-refractivity contribution in [2.75, 3.05) is 10.6 Å². The maximum Gasteiger partial charge on any atom is 0.418 e. The second-order valence-corrected chi connectivity index (χ2v) is 5.89. The van der Waals surface area contributed by atoms with Crippen LogP contribution in [0.25, 0.3) is 0 Å². The molecule has 5 nitrogen and oxygen atoms in total. The Morgan fingerprint density at radius 1 is 1.22 bits per heavy atom. The van der Waals surface area contributed by atoms with Crippen molar-refractivity contribution in [2.45, 2.75) is 13.1 Å². The number of rotatable bonds is 4. The molecule has 2 aromatic carbocycles. The molecule has 0 aliphatic carbocycles. The number of anilines is 2. The fourth-order valence-electron chi connectivity index (χ4n) is 2.15. The second kappa shape index (κ2) is 8.01. The van der Waals surface area contributed by atoms with Gasteiger partial charge in [0.05, 0.1) is 11.3 Å². The number of amides is 1. The van der Waals surface area contributed by atoms with Crippen LogP contribution >= 0.6 is 11.6 Å². The number of hydrogen-bond donors (Lipinski definition) is 3. The zero-order valence-corrected chi connectivity index (χ0v) is 14.6. The van der Waals surface area contributed by atoms with Gasteiger partial charge in [0, 0.05) is 16.9 Å². The number of phenolic OH excluding ortho intramolecular Hbond substituents is 1. The zero-order valence-electron chi connectivity index (χ0n) is 13.9. The molecule has 0 heterocycles. The molecule has 27 heavy (non-hydrogen) atoms. The number of carbonyl (C=O) groups is 1. The first-order chi connectivity index (χ1) is 12.6. The van der Waals surface area contributed by atoms with E-state index >= 15 is 0 Å². The molecule has 140 valence electrons. The molecule has 0 saturated carbocycles. The monoisotopic (exact) mass is 395 g/mol. The molecule has 0 aliphatic rings. The van der Waals surface area contributed by atoms with Gasteiger partial charge < -0.3 is 15.7 Å². The van der Waals surface area contributed by atoms with Crippen LogP contribution in [0.3, 0.4) is 0 Å². The van der Waals surface area contributed by atoms with Crippen molar-refractivity contribution in [2.24, 2.45) is 0 Å². The molecule has 0 saturated heterocycles. The normalized spacial score (nSPS) is 11.6. The van der Waals surface area contributed by atoms with E-state index in [4.69, 9.17) is 16.9 Å². The lowest BCUT2D eigenvalue weighted by Gasteiger charge is -2.13. The van der Waals surface area contributed by atoms with Gasteiger partial charge in [-0.1, -0.05) is 11.6 Å². The van der Waals surface area contributed by atoms with Gasteiger partial charge >= 0.3 is 6.18 Å². The number of nitrogens with one attached hydrogen (secondary N) is 2. The largest absolute Gasteiger partial charge is 0.508 e. The molecule has 0 fully saturated rings. The van der Waals surface area contributed by atoms with Crippen LogP contribution in [-0.4, -0.2) is 11.0 Å². The number of hydrogen-bond acceptors (Lipinski definition) is 4. The number of aromatic hydroxyl groups is 1. The molecule has 9 heteroatoms.